The summed E-state index contributed by atoms with van der Waals surface area (Å²) in [6.45, 7) is 1.85. The smallest absolute Gasteiger partial charge is 0.339 e. The predicted molar refractivity (Wildman–Crippen MR) is 191 cm³/mol. The van der Waals surface area contributed by atoms with Crippen molar-refractivity contribution in [3.8, 4) is 22.6 Å². The molecule has 6 aromatic rings. The van der Waals surface area contributed by atoms with Gasteiger partial charge in [-0.15, -0.1) is 5.11 Å². The molecule has 0 aliphatic heterocycles. The number of hydrogen-bond acceptors (Lipinski definition) is 12. The van der Waals surface area contributed by atoms with E-state index >= 15 is 0 Å². The molecule has 3 N–H and O–H groups in total. The number of phenolic OH excluding ortho intramolecular Hbond substituents is 1. The SMILES string of the molecule is Cc1ccc(S(=O)(=O)Oc2ccc(N=Nc3ccc(-c4ccc(N=Nc5c(O)ccc6cc(S(=O)(=O)O)cc(S(=O)(=O)O)c56)cc4)cc3)cc2)cc1. The van der Waals surface area contributed by atoms with Crippen LogP contribution < -0.4 is 4.18 Å². The molecule has 0 amide bonds. The third-order valence-electron chi connectivity index (χ3n) is 7.55. The Morgan fingerprint density at radius 3 is 1.54 bits per heavy atom. The number of fused-ring (bicyclic) bond motifs is 1. The molecular weight excluding hydrogens is 733 g/mol. The number of aryl methyl sites for hydroxylation is 1. The summed E-state index contributed by atoms with van der Waals surface area (Å²) < 4.78 is 97.2. The molecular formula is C35H26N4O10S3. The molecule has 14 nitrogen and oxygen atoms in total. The Morgan fingerprint density at radius 2 is 1.04 bits per heavy atom. The summed E-state index contributed by atoms with van der Waals surface area (Å²) in [5.41, 5.74) is 3.56. The van der Waals surface area contributed by atoms with Gasteiger partial charge in [0.2, 0.25) is 0 Å². The number of benzene rings is 6. The normalized spacial score (nSPS) is 12.5. The van der Waals surface area contributed by atoms with Crippen molar-refractivity contribution < 1.29 is 43.6 Å². The number of rotatable bonds is 10. The fraction of sp³-hybridized carbons (Fsp3) is 0.0286. The fourth-order valence-electron chi connectivity index (χ4n) is 4.94. The van der Waals surface area contributed by atoms with Crippen molar-refractivity contribution in [2.24, 2.45) is 20.5 Å². The maximum atomic E-state index is 12.5. The first kappa shape index (κ1) is 36.0. The molecule has 0 radical (unpaired) electrons. The van der Waals surface area contributed by atoms with Crippen molar-refractivity contribution >= 4 is 63.9 Å². The van der Waals surface area contributed by atoms with Gasteiger partial charge < -0.3 is 9.29 Å². The van der Waals surface area contributed by atoms with Crippen molar-refractivity contribution in [3.05, 3.63) is 127 Å². The monoisotopic (exact) mass is 758 g/mol. The van der Waals surface area contributed by atoms with Gasteiger partial charge in [0.05, 0.1) is 22.0 Å². The third-order valence-corrected chi connectivity index (χ3v) is 10.5. The molecule has 52 heavy (non-hydrogen) atoms. The minimum atomic E-state index is -5.03. The van der Waals surface area contributed by atoms with Crippen molar-refractivity contribution in [2.75, 3.05) is 0 Å². The van der Waals surface area contributed by atoms with E-state index in [1.807, 2.05) is 19.1 Å². The first-order chi connectivity index (χ1) is 24.6. The van der Waals surface area contributed by atoms with Crippen molar-refractivity contribution in [3.63, 3.8) is 0 Å². The Hall–Kier alpha value is -5.85. The number of nitrogens with zero attached hydrogens (tertiary/aromatic N) is 4. The van der Waals surface area contributed by atoms with Gasteiger partial charge in [0.1, 0.15) is 27.0 Å². The molecule has 0 saturated heterocycles. The zero-order valence-corrected chi connectivity index (χ0v) is 29.2. The lowest BCUT2D eigenvalue weighted by molar-refractivity contribution is 0.476. The summed E-state index contributed by atoms with van der Waals surface area (Å²) in [6.07, 6.45) is 0. The summed E-state index contributed by atoms with van der Waals surface area (Å²) in [5.74, 6) is -0.365. The van der Waals surface area contributed by atoms with Gasteiger partial charge >= 0.3 is 10.1 Å². The van der Waals surface area contributed by atoms with Crippen molar-refractivity contribution in [1.82, 2.24) is 0 Å². The Labute approximate surface area is 298 Å². The maximum Gasteiger partial charge on any atom is 0.339 e. The van der Waals surface area contributed by atoms with Crippen LogP contribution in [0.2, 0.25) is 0 Å². The minimum Gasteiger partial charge on any atom is -0.506 e. The molecule has 0 unspecified atom stereocenters. The van der Waals surface area contributed by atoms with Crippen LogP contribution in [0.15, 0.2) is 156 Å². The lowest BCUT2D eigenvalue weighted by Gasteiger charge is -2.10. The summed E-state index contributed by atoms with van der Waals surface area (Å²) in [4.78, 5) is -1.62. The highest BCUT2D eigenvalue weighted by Gasteiger charge is 2.24. The molecule has 17 heteroatoms. The highest BCUT2D eigenvalue weighted by atomic mass is 32.2. The summed E-state index contributed by atoms with van der Waals surface area (Å²) in [6, 6.07) is 30.2. The molecule has 0 saturated carbocycles. The van der Waals surface area contributed by atoms with Gasteiger partial charge in [-0.05, 0) is 102 Å². The van der Waals surface area contributed by atoms with Crippen LogP contribution in [0.4, 0.5) is 22.7 Å². The van der Waals surface area contributed by atoms with Gasteiger partial charge in [-0.1, -0.05) is 48.0 Å². The molecule has 0 aromatic heterocycles. The van der Waals surface area contributed by atoms with E-state index in [2.05, 4.69) is 20.5 Å². The fourth-order valence-corrected chi connectivity index (χ4v) is 7.23. The molecule has 0 aliphatic carbocycles. The van der Waals surface area contributed by atoms with Crippen molar-refractivity contribution in [1.29, 1.82) is 0 Å². The molecule has 6 aromatic carbocycles. The van der Waals surface area contributed by atoms with E-state index < -0.39 is 45.9 Å². The van der Waals surface area contributed by atoms with Gasteiger partial charge in [-0.3, -0.25) is 9.11 Å². The number of aromatic hydroxyl groups is 1. The highest BCUT2D eigenvalue weighted by molar-refractivity contribution is 7.87. The molecule has 0 atom stereocenters. The van der Waals surface area contributed by atoms with Crippen LogP contribution >= 0.6 is 0 Å². The Morgan fingerprint density at radius 1 is 0.538 bits per heavy atom. The van der Waals surface area contributed by atoms with Crippen LogP contribution in [-0.4, -0.2) is 39.5 Å². The molecule has 0 heterocycles. The van der Waals surface area contributed by atoms with Crippen LogP contribution in [0.25, 0.3) is 21.9 Å². The first-order valence-electron chi connectivity index (χ1n) is 15.0. The average Bonchev–Trinajstić information content (AvgIpc) is 3.10. The van der Waals surface area contributed by atoms with E-state index in [0.717, 1.165) is 28.8 Å². The second kappa shape index (κ2) is 14.0. The molecule has 0 spiro atoms. The van der Waals surface area contributed by atoms with E-state index in [-0.39, 0.29) is 27.1 Å². The molecule has 0 fully saturated rings. The molecule has 264 valence electrons. The highest BCUT2D eigenvalue weighted by Crippen LogP contribution is 2.41. The standard InChI is InChI=1S/C35H26N4O10S3/c1-22-2-17-30(18-3-22)52(47,48)49-29-15-13-28(14-16-29)37-36-26-9-4-23(5-10-26)24-6-11-27(12-7-24)38-39-35-32(40)19-8-25-20-31(50(41,42)43)21-33(34(25)35)51(44,45)46/h2-21,40H,1H3,(H,41,42,43)(H,44,45,46). The second-order valence-corrected chi connectivity index (χ2v) is 15.6. The van der Waals surface area contributed by atoms with E-state index in [4.69, 9.17) is 4.18 Å². The molecule has 6 rings (SSSR count). The van der Waals surface area contributed by atoms with Gasteiger partial charge in [0.15, 0.2) is 0 Å². The van der Waals surface area contributed by atoms with E-state index in [1.54, 1.807) is 60.7 Å². The van der Waals surface area contributed by atoms with Crippen LogP contribution in [0.5, 0.6) is 11.5 Å². The maximum absolute atomic E-state index is 12.5. The Balaban J connectivity index is 1.15. The van der Waals surface area contributed by atoms with E-state index in [9.17, 15) is 39.5 Å². The summed E-state index contributed by atoms with van der Waals surface area (Å²) >= 11 is 0. The number of phenols is 1. The first-order valence-corrected chi connectivity index (χ1v) is 19.3. The third kappa shape index (κ3) is 8.20. The Kier molecular flexibility index (Phi) is 9.71. The zero-order valence-electron chi connectivity index (χ0n) is 26.8. The van der Waals surface area contributed by atoms with E-state index in [0.29, 0.717) is 23.1 Å². The number of hydrogen-bond donors (Lipinski definition) is 3. The average molecular weight is 759 g/mol. The van der Waals surface area contributed by atoms with E-state index in [1.165, 1.54) is 30.3 Å². The van der Waals surface area contributed by atoms with Crippen molar-refractivity contribution in [2.45, 2.75) is 21.6 Å². The van der Waals surface area contributed by atoms with Gasteiger partial charge in [-0.25, -0.2) is 0 Å². The topological polar surface area (TPSA) is 222 Å². The van der Waals surface area contributed by atoms with Crippen LogP contribution in [-0.2, 0) is 30.4 Å². The molecule has 0 bridgehead atoms. The minimum absolute atomic E-state index is 0.0481. The number of azo groups is 2. The molecule has 0 aliphatic rings. The second-order valence-electron chi connectivity index (χ2n) is 11.2. The van der Waals surface area contributed by atoms with Crippen LogP contribution in [0, 0.1) is 6.92 Å². The lowest BCUT2D eigenvalue weighted by atomic mass is 10.1. The van der Waals surface area contributed by atoms with Gasteiger partial charge in [0.25, 0.3) is 20.2 Å². The van der Waals surface area contributed by atoms with Crippen LogP contribution in [0.3, 0.4) is 0 Å². The summed E-state index contributed by atoms with van der Waals surface area (Å²) in [5, 5.41) is 26.6. The quantitative estimate of drug-likeness (QED) is 0.0685. The van der Waals surface area contributed by atoms with Crippen LogP contribution in [0.1, 0.15) is 5.56 Å². The Bertz CT molecular complexity index is 2700. The largest absolute Gasteiger partial charge is 0.506 e. The lowest BCUT2D eigenvalue weighted by Crippen LogP contribution is -2.09. The van der Waals surface area contributed by atoms with Gasteiger partial charge in [0, 0.05) is 5.39 Å². The zero-order chi connectivity index (χ0) is 37.3. The summed E-state index contributed by atoms with van der Waals surface area (Å²) in [7, 11) is -13.8. The van der Waals surface area contributed by atoms with Gasteiger partial charge in [-0.2, -0.15) is 40.6 Å². The predicted octanol–water partition coefficient (Wildman–Crippen LogP) is 8.61.